The Kier molecular flexibility index (Phi) is 7.02. The topological polar surface area (TPSA) is 122 Å². The highest BCUT2D eigenvalue weighted by Gasteiger charge is 2.32. The van der Waals surface area contributed by atoms with E-state index in [2.05, 4.69) is 5.32 Å². The first-order chi connectivity index (χ1) is 12.1. The molecule has 0 heterocycles. The number of hydrogen-bond acceptors (Lipinski definition) is 6. The molecular formula is C18H21N3O5. The van der Waals surface area contributed by atoms with E-state index in [9.17, 15) is 25.0 Å². The van der Waals surface area contributed by atoms with Gasteiger partial charge in [-0.25, -0.2) is 4.79 Å². The fraction of sp³-hybridized carbons (Fsp3) is 0.389. The Balaban J connectivity index is 2.65. The van der Waals surface area contributed by atoms with Gasteiger partial charge in [0, 0.05) is 18.2 Å². The molecular weight excluding hydrogens is 338 g/mol. The molecule has 0 aliphatic carbocycles. The van der Waals surface area contributed by atoms with Crippen LogP contribution in [0.5, 0.6) is 0 Å². The zero-order chi connectivity index (χ0) is 19.9. The molecule has 0 spiro atoms. The summed E-state index contributed by atoms with van der Waals surface area (Å²) < 4.78 is 5.01. The van der Waals surface area contributed by atoms with Gasteiger partial charge in [0.25, 0.3) is 11.6 Å². The maximum absolute atomic E-state index is 12.1. The number of nitro groups is 1. The zero-order valence-electron chi connectivity index (χ0n) is 15.1. The third-order valence-electron chi connectivity index (χ3n) is 3.95. The number of nitro benzene ring substituents is 1. The minimum atomic E-state index is -1.07. The van der Waals surface area contributed by atoms with Crippen molar-refractivity contribution in [3.05, 3.63) is 46.0 Å². The molecule has 2 atom stereocenters. The van der Waals surface area contributed by atoms with Crippen LogP contribution in [-0.4, -0.2) is 28.4 Å². The molecule has 1 N–H and O–H groups in total. The van der Waals surface area contributed by atoms with Crippen LogP contribution in [0, 0.1) is 27.4 Å². The molecule has 26 heavy (non-hydrogen) atoms. The first-order valence-electron chi connectivity index (χ1n) is 7.95. The van der Waals surface area contributed by atoms with Gasteiger partial charge in [-0.3, -0.25) is 14.9 Å². The van der Waals surface area contributed by atoms with Crippen LogP contribution in [-0.2, 0) is 14.3 Å². The number of rotatable bonds is 7. The monoisotopic (exact) mass is 359 g/mol. The van der Waals surface area contributed by atoms with Crippen LogP contribution < -0.4 is 5.32 Å². The summed E-state index contributed by atoms with van der Waals surface area (Å²) >= 11 is 0. The number of hydrogen-bond donors (Lipinski definition) is 1. The van der Waals surface area contributed by atoms with E-state index in [-0.39, 0.29) is 11.6 Å². The Morgan fingerprint density at radius 1 is 1.31 bits per heavy atom. The SMILES string of the molecule is CC(C)[C@@](C)(C#N)NC(=O)[C@@H](C)OC(=O)/C=C/c1ccc([N+](=O)[O-])cc1. The number of nitriles is 1. The van der Waals surface area contributed by atoms with Gasteiger partial charge in [-0.15, -0.1) is 0 Å². The van der Waals surface area contributed by atoms with Crippen LogP contribution in [0.4, 0.5) is 5.69 Å². The lowest BCUT2D eigenvalue weighted by Gasteiger charge is -2.28. The molecule has 0 radical (unpaired) electrons. The van der Waals surface area contributed by atoms with E-state index in [1.807, 2.05) is 6.07 Å². The molecule has 138 valence electrons. The van der Waals surface area contributed by atoms with Crippen LogP contribution in [0.2, 0.25) is 0 Å². The van der Waals surface area contributed by atoms with E-state index in [0.29, 0.717) is 5.56 Å². The summed E-state index contributed by atoms with van der Waals surface area (Å²) in [7, 11) is 0. The maximum Gasteiger partial charge on any atom is 0.331 e. The molecule has 0 aliphatic rings. The molecule has 1 rings (SSSR count). The second-order valence-electron chi connectivity index (χ2n) is 6.22. The molecule has 0 aromatic heterocycles. The summed E-state index contributed by atoms with van der Waals surface area (Å²) in [5.41, 5.74) is -0.547. The molecule has 0 bridgehead atoms. The Labute approximate surface area is 151 Å². The summed E-state index contributed by atoms with van der Waals surface area (Å²) in [5.74, 6) is -1.43. The molecule has 8 heteroatoms. The molecule has 8 nitrogen and oxygen atoms in total. The van der Waals surface area contributed by atoms with Crippen LogP contribution in [0.3, 0.4) is 0 Å². The summed E-state index contributed by atoms with van der Waals surface area (Å²) in [5, 5.41) is 22.4. The van der Waals surface area contributed by atoms with Crippen molar-refractivity contribution in [2.24, 2.45) is 5.92 Å². The number of nitrogens with one attached hydrogen (secondary N) is 1. The number of benzene rings is 1. The lowest BCUT2D eigenvalue weighted by atomic mass is 9.90. The van der Waals surface area contributed by atoms with E-state index in [4.69, 9.17) is 4.74 Å². The molecule has 0 saturated carbocycles. The molecule has 1 amide bonds. The second-order valence-corrected chi connectivity index (χ2v) is 6.22. The predicted molar refractivity (Wildman–Crippen MR) is 94.7 cm³/mol. The number of non-ortho nitro benzene ring substituents is 1. The Hall–Kier alpha value is -3.21. The fourth-order valence-corrected chi connectivity index (χ4v) is 1.80. The number of carbonyl (C=O) groups excluding carboxylic acids is 2. The average molecular weight is 359 g/mol. The molecule has 1 aromatic rings. The van der Waals surface area contributed by atoms with Gasteiger partial charge < -0.3 is 10.1 Å². The summed E-state index contributed by atoms with van der Waals surface area (Å²) in [6.45, 7) is 6.60. The average Bonchev–Trinajstić information content (AvgIpc) is 2.59. The van der Waals surface area contributed by atoms with Crippen LogP contribution in [0.15, 0.2) is 30.3 Å². The molecule has 0 fully saturated rings. The zero-order valence-corrected chi connectivity index (χ0v) is 15.1. The highest BCUT2D eigenvalue weighted by molar-refractivity contribution is 5.90. The van der Waals surface area contributed by atoms with Gasteiger partial charge in [-0.2, -0.15) is 5.26 Å². The van der Waals surface area contributed by atoms with Gasteiger partial charge in [0.05, 0.1) is 11.0 Å². The smallest absolute Gasteiger partial charge is 0.331 e. The quantitative estimate of drug-likeness (QED) is 0.345. The number of ether oxygens (including phenoxy) is 1. The minimum absolute atomic E-state index is 0.0549. The molecule has 0 aliphatic heterocycles. The summed E-state index contributed by atoms with van der Waals surface area (Å²) in [4.78, 5) is 34.0. The van der Waals surface area contributed by atoms with Crippen molar-refractivity contribution in [2.45, 2.75) is 39.3 Å². The van der Waals surface area contributed by atoms with Crippen molar-refractivity contribution in [3.63, 3.8) is 0 Å². The number of esters is 1. The number of amides is 1. The number of carbonyl (C=O) groups is 2. The van der Waals surface area contributed by atoms with Crippen molar-refractivity contribution >= 4 is 23.6 Å². The minimum Gasteiger partial charge on any atom is -0.449 e. The van der Waals surface area contributed by atoms with Crippen LogP contribution in [0.25, 0.3) is 6.08 Å². The van der Waals surface area contributed by atoms with Crippen LogP contribution in [0.1, 0.15) is 33.3 Å². The highest BCUT2D eigenvalue weighted by Crippen LogP contribution is 2.16. The van der Waals surface area contributed by atoms with Gasteiger partial charge >= 0.3 is 5.97 Å². The van der Waals surface area contributed by atoms with Crippen LogP contribution >= 0.6 is 0 Å². The highest BCUT2D eigenvalue weighted by atomic mass is 16.6. The summed E-state index contributed by atoms with van der Waals surface area (Å²) in [6, 6.07) is 7.64. The van der Waals surface area contributed by atoms with Crippen molar-refractivity contribution < 1.29 is 19.2 Å². The van der Waals surface area contributed by atoms with Gasteiger partial charge in [-0.05, 0) is 43.5 Å². The van der Waals surface area contributed by atoms with E-state index < -0.39 is 28.4 Å². The Bertz CT molecular complexity index is 749. The Morgan fingerprint density at radius 2 is 1.88 bits per heavy atom. The van der Waals surface area contributed by atoms with Crippen molar-refractivity contribution in [3.8, 4) is 6.07 Å². The van der Waals surface area contributed by atoms with Crippen molar-refractivity contribution in [1.82, 2.24) is 5.32 Å². The lowest BCUT2D eigenvalue weighted by molar-refractivity contribution is -0.384. The largest absolute Gasteiger partial charge is 0.449 e. The van der Waals surface area contributed by atoms with Gasteiger partial charge in [0.15, 0.2) is 6.10 Å². The van der Waals surface area contributed by atoms with E-state index in [0.717, 1.165) is 6.08 Å². The van der Waals surface area contributed by atoms with Crippen molar-refractivity contribution in [1.29, 1.82) is 5.26 Å². The van der Waals surface area contributed by atoms with E-state index in [1.54, 1.807) is 20.8 Å². The lowest BCUT2D eigenvalue weighted by Crippen LogP contribution is -2.52. The fourth-order valence-electron chi connectivity index (χ4n) is 1.80. The standard InChI is InChI=1S/C18H21N3O5/c1-12(2)18(4,11-19)20-17(23)13(3)26-16(22)10-7-14-5-8-15(9-6-14)21(24)25/h5-10,12-13H,1-4H3,(H,20,23)/b10-7+/t13-,18-/m1/s1. The Morgan fingerprint density at radius 3 is 2.35 bits per heavy atom. The third-order valence-corrected chi connectivity index (χ3v) is 3.95. The van der Waals surface area contributed by atoms with Gasteiger partial charge in [0.2, 0.25) is 0 Å². The predicted octanol–water partition coefficient (Wildman–Crippen LogP) is 2.59. The van der Waals surface area contributed by atoms with Gasteiger partial charge in [0.1, 0.15) is 5.54 Å². The third kappa shape index (κ3) is 5.70. The maximum atomic E-state index is 12.1. The molecule has 0 saturated heterocycles. The first kappa shape index (κ1) is 20.8. The van der Waals surface area contributed by atoms with Gasteiger partial charge in [-0.1, -0.05) is 13.8 Å². The second kappa shape index (κ2) is 8.76. The molecule has 0 unspecified atom stereocenters. The molecule has 1 aromatic carbocycles. The number of nitrogens with zero attached hydrogens (tertiary/aromatic N) is 2. The summed E-state index contributed by atoms with van der Waals surface area (Å²) in [6.07, 6.45) is 1.47. The van der Waals surface area contributed by atoms with E-state index >= 15 is 0 Å². The van der Waals surface area contributed by atoms with Crippen molar-refractivity contribution in [2.75, 3.05) is 0 Å². The van der Waals surface area contributed by atoms with E-state index in [1.165, 1.54) is 37.3 Å². The first-order valence-corrected chi connectivity index (χ1v) is 7.95. The normalized spacial score (nSPS) is 14.3.